The van der Waals surface area contributed by atoms with Crippen LogP contribution >= 0.6 is 23.4 Å². The number of nitrogens with zero attached hydrogens (tertiary/aromatic N) is 1. The number of halogens is 1. The first-order valence-corrected chi connectivity index (χ1v) is 8.79. The quantitative estimate of drug-likeness (QED) is 0.466. The molecule has 0 saturated carbocycles. The number of hydrogen-bond donors (Lipinski definition) is 3. The number of amides is 3. The summed E-state index contributed by atoms with van der Waals surface area (Å²) in [5.74, 6) is -0.685. The van der Waals surface area contributed by atoms with E-state index < -0.39 is 30.1 Å². The second kappa shape index (κ2) is 9.99. The Kier molecular flexibility index (Phi) is 8.34. The van der Waals surface area contributed by atoms with Crippen molar-refractivity contribution in [3.63, 3.8) is 0 Å². The SMILES string of the molecule is CSCC[C@H](NC(N)=O)C(=O)O[C@H](C)C(=O)Nc1cccnc1Cl. The molecule has 132 valence electrons. The fourth-order valence-electron chi connectivity index (χ4n) is 1.68. The minimum absolute atomic E-state index is 0.123. The summed E-state index contributed by atoms with van der Waals surface area (Å²) in [6, 6.07) is 1.43. The van der Waals surface area contributed by atoms with E-state index in [4.69, 9.17) is 22.1 Å². The van der Waals surface area contributed by atoms with E-state index in [2.05, 4.69) is 15.6 Å². The van der Waals surface area contributed by atoms with E-state index in [1.165, 1.54) is 24.9 Å². The van der Waals surface area contributed by atoms with E-state index in [1.807, 2.05) is 6.26 Å². The molecule has 8 nitrogen and oxygen atoms in total. The predicted octanol–water partition coefficient (Wildman–Crippen LogP) is 1.40. The van der Waals surface area contributed by atoms with Crippen LogP contribution in [0.5, 0.6) is 0 Å². The lowest BCUT2D eigenvalue weighted by molar-refractivity contribution is -0.155. The van der Waals surface area contributed by atoms with Crippen molar-refractivity contribution in [1.29, 1.82) is 0 Å². The van der Waals surface area contributed by atoms with E-state index in [0.717, 1.165) is 0 Å². The van der Waals surface area contributed by atoms with E-state index >= 15 is 0 Å². The molecule has 2 atom stereocenters. The Balaban J connectivity index is 2.64. The first-order chi connectivity index (χ1) is 11.3. The van der Waals surface area contributed by atoms with Crippen molar-refractivity contribution in [2.45, 2.75) is 25.5 Å². The van der Waals surface area contributed by atoms with Crippen LogP contribution in [-0.2, 0) is 14.3 Å². The van der Waals surface area contributed by atoms with Crippen molar-refractivity contribution in [3.05, 3.63) is 23.5 Å². The summed E-state index contributed by atoms with van der Waals surface area (Å²) < 4.78 is 5.09. The average molecular weight is 375 g/mol. The third kappa shape index (κ3) is 6.63. The molecule has 0 saturated heterocycles. The monoisotopic (exact) mass is 374 g/mol. The summed E-state index contributed by atoms with van der Waals surface area (Å²) in [6.45, 7) is 1.41. The number of nitrogens with two attached hydrogens (primary N) is 1. The number of carbonyl (C=O) groups excluding carboxylic acids is 3. The standard InChI is InChI=1S/C14H19ClN4O4S/c1-8(12(20)18-9-4-3-6-17-11(9)15)23-13(21)10(5-7-24-2)19-14(16)22/h3-4,6,8,10H,5,7H2,1-2H3,(H,18,20)(H3,16,19,22)/t8-,10+/m1/s1. The lowest BCUT2D eigenvalue weighted by Crippen LogP contribution is -2.46. The van der Waals surface area contributed by atoms with Gasteiger partial charge in [-0.3, -0.25) is 4.79 Å². The van der Waals surface area contributed by atoms with Crippen LogP contribution in [-0.4, -0.2) is 47.0 Å². The molecule has 0 fully saturated rings. The van der Waals surface area contributed by atoms with Gasteiger partial charge < -0.3 is 21.1 Å². The van der Waals surface area contributed by atoms with Crippen LogP contribution in [0.1, 0.15) is 13.3 Å². The number of carbonyl (C=O) groups is 3. The zero-order valence-corrected chi connectivity index (χ0v) is 14.8. The lowest BCUT2D eigenvalue weighted by Gasteiger charge is -2.19. The fraction of sp³-hybridized carbons (Fsp3) is 0.429. The number of hydrogen-bond acceptors (Lipinski definition) is 6. The molecule has 0 aliphatic heterocycles. The number of nitrogens with one attached hydrogen (secondary N) is 2. The van der Waals surface area contributed by atoms with Crippen LogP contribution in [0.15, 0.2) is 18.3 Å². The molecule has 3 amide bonds. The molecule has 0 spiro atoms. The van der Waals surface area contributed by atoms with Gasteiger partial charge in [-0.15, -0.1) is 0 Å². The third-order valence-corrected chi connectivity index (χ3v) is 3.84. The summed E-state index contributed by atoms with van der Waals surface area (Å²) in [4.78, 5) is 39.0. The fourth-order valence-corrected chi connectivity index (χ4v) is 2.32. The van der Waals surface area contributed by atoms with Crippen molar-refractivity contribution < 1.29 is 19.1 Å². The zero-order valence-electron chi connectivity index (χ0n) is 13.2. The summed E-state index contributed by atoms with van der Waals surface area (Å²) in [5.41, 5.74) is 5.35. The van der Waals surface area contributed by atoms with Gasteiger partial charge in [-0.25, -0.2) is 14.6 Å². The van der Waals surface area contributed by atoms with Crippen LogP contribution < -0.4 is 16.4 Å². The number of pyridine rings is 1. The maximum atomic E-state index is 12.1. The highest BCUT2D eigenvalue weighted by molar-refractivity contribution is 7.98. The van der Waals surface area contributed by atoms with Gasteiger partial charge in [0.25, 0.3) is 5.91 Å². The van der Waals surface area contributed by atoms with Crippen molar-refractivity contribution in [2.24, 2.45) is 5.73 Å². The molecular formula is C14H19ClN4O4S. The van der Waals surface area contributed by atoms with Crippen LogP contribution in [0.2, 0.25) is 5.15 Å². The third-order valence-electron chi connectivity index (χ3n) is 2.89. The summed E-state index contributed by atoms with van der Waals surface area (Å²) in [7, 11) is 0. The molecule has 0 unspecified atom stereocenters. The Hall–Kier alpha value is -2.00. The molecule has 10 heteroatoms. The van der Waals surface area contributed by atoms with Crippen LogP contribution in [0.25, 0.3) is 0 Å². The van der Waals surface area contributed by atoms with Crippen molar-refractivity contribution >= 4 is 47.0 Å². The number of primary amides is 1. The molecule has 1 aromatic rings. The minimum atomic E-state index is -1.08. The van der Waals surface area contributed by atoms with Gasteiger partial charge in [-0.05, 0) is 37.5 Å². The van der Waals surface area contributed by atoms with E-state index in [0.29, 0.717) is 17.9 Å². The predicted molar refractivity (Wildman–Crippen MR) is 92.9 cm³/mol. The molecule has 24 heavy (non-hydrogen) atoms. The van der Waals surface area contributed by atoms with Gasteiger partial charge in [0.2, 0.25) is 0 Å². The van der Waals surface area contributed by atoms with Gasteiger partial charge in [0, 0.05) is 6.20 Å². The number of esters is 1. The summed E-state index contributed by atoms with van der Waals surface area (Å²) in [5, 5.41) is 4.94. The number of urea groups is 1. The minimum Gasteiger partial charge on any atom is -0.451 e. The van der Waals surface area contributed by atoms with E-state index in [1.54, 1.807) is 12.1 Å². The van der Waals surface area contributed by atoms with Crippen LogP contribution in [0.4, 0.5) is 10.5 Å². The van der Waals surface area contributed by atoms with Gasteiger partial charge in [-0.1, -0.05) is 11.6 Å². The number of anilines is 1. The largest absolute Gasteiger partial charge is 0.451 e. The molecule has 0 aromatic carbocycles. The Morgan fingerprint density at radius 3 is 2.75 bits per heavy atom. The van der Waals surface area contributed by atoms with Gasteiger partial charge in [0.15, 0.2) is 11.3 Å². The first-order valence-electron chi connectivity index (χ1n) is 7.02. The van der Waals surface area contributed by atoms with Crippen molar-refractivity contribution in [2.75, 3.05) is 17.3 Å². The molecule has 0 bridgehead atoms. The molecule has 0 aliphatic rings. The highest BCUT2D eigenvalue weighted by Crippen LogP contribution is 2.18. The van der Waals surface area contributed by atoms with Crippen molar-refractivity contribution in [1.82, 2.24) is 10.3 Å². The molecular weight excluding hydrogens is 356 g/mol. The molecule has 4 N–H and O–H groups in total. The second-order valence-corrected chi connectivity index (χ2v) is 6.10. The maximum absolute atomic E-state index is 12.1. The Morgan fingerprint density at radius 1 is 1.46 bits per heavy atom. The second-order valence-electron chi connectivity index (χ2n) is 4.75. The summed E-state index contributed by atoms with van der Waals surface area (Å²) in [6.07, 6.45) is 2.60. The maximum Gasteiger partial charge on any atom is 0.329 e. The Bertz CT molecular complexity index is 602. The normalized spacial score (nSPS) is 12.8. The number of rotatable bonds is 8. The smallest absolute Gasteiger partial charge is 0.329 e. The van der Waals surface area contributed by atoms with E-state index in [-0.39, 0.29) is 5.15 Å². The number of ether oxygens (including phenoxy) is 1. The molecule has 0 aliphatic carbocycles. The van der Waals surface area contributed by atoms with E-state index in [9.17, 15) is 14.4 Å². The summed E-state index contributed by atoms with van der Waals surface area (Å²) >= 11 is 7.35. The first kappa shape index (κ1) is 20.0. The van der Waals surface area contributed by atoms with Crippen LogP contribution in [0.3, 0.4) is 0 Å². The number of thioether (sulfide) groups is 1. The highest BCUT2D eigenvalue weighted by atomic mass is 35.5. The topological polar surface area (TPSA) is 123 Å². The van der Waals surface area contributed by atoms with Crippen LogP contribution in [0, 0.1) is 0 Å². The van der Waals surface area contributed by atoms with Gasteiger partial charge >= 0.3 is 12.0 Å². The highest BCUT2D eigenvalue weighted by Gasteiger charge is 2.26. The molecule has 1 aromatic heterocycles. The average Bonchev–Trinajstić information content (AvgIpc) is 2.53. The van der Waals surface area contributed by atoms with Crippen molar-refractivity contribution in [3.8, 4) is 0 Å². The molecule has 0 radical (unpaired) electrons. The van der Waals surface area contributed by atoms with Gasteiger partial charge in [0.1, 0.15) is 6.04 Å². The Labute approximate surface area is 148 Å². The molecule has 1 rings (SSSR count). The van der Waals surface area contributed by atoms with Gasteiger partial charge in [-0.2, -0.15) is 11.8 Å². The Morgan fingerprint density at radius 2 is 2.17 bits per heavy atom. The number of aromatic nitrogens is 1. The zero-order chi connectivity index (χ0) is 18.1. The lowest BCUT2D eigenvalue weighted by atomic mass is 10.2. The molecule has 1 heterocycles. The van der Waals surface area contributed by atoms with Gasteiger partial charge in [0.05, 0.1) is 5.69 Å².